The van der Waals surface area contributed by atoms with Crippen molar-refractivity contribution >= 4 is 29.2 Å². The average Bonchev–Trinajstić information content (AvgIpc) is 2.85. The molecule has 35 heavy (non-hydrogen) atoms. The molecule has 0 radical (unpaired) electrons. The lowest BCUT2D eigenvalue weighted by Gasteiger charge is -2.10. The van der Waals surface area contributed by atoms with Crippen molar-refractivity contribution in [3.63, 3.8) is 0 Å². The molecular weight excluding hydrogens is 448 g/mol. The lowest BCUT2D eigenvalue weighted by molar-refractivity contribution is -0.147. The van der Waals surface area contributed by atoms with E-state index in [1.54, 1.807) is 48.5 Å². The Balaban J connectivity index is 1.37. The highest BCUT2D eigenvalue weighted by Crippen LogP contribution is 2.25. The zero-order valence-electron chi connectivity index (χ0n) is 19.9. The SMILES string of the molecule is COc1cccc(NC(=O)COC(=O)CCC(=O)Nc2ccc(Oc3ccc(C)c(C)c3)cc2)c1. The minimum Gasteiger partial charge on any atom is -0.497 e. The van der Waals surface area contributed by atoms with Crippen molar-refractivity contribution in [2.75, 3.05) is 24.4 Å². The van der Waals surface area contributed by atoms with E-state index >= 15 is 0 Å². The van der Waals surface area contributed by atoms with Gasteiger partial charge in [0.2, 0.25) is 5.91 Å². The standard InChI is InChI=1S/C27H28N2O6/c1-18-7-10-24(15-19(18)2)35-22-11-8-20(9-12-22)28-25(30)13-14-27(32)34-17-26(31)29-21-5-4-6-23(16-21)33-3/h4-12,15-16H,13-14,17H2,1-3H3,(H,28,30)(H,29,31). The first-order valence-corrected chi connectivity index (χ1v) is 11.1. The number of aryl methyl sites for hydroxylation is 2. The summed E-state index contributed by atoms with van der Waals surface area (Å²) in [6.45, 7) is 3.62. The zero-order valence-corrected chi connectivity index (χ0v) is 19.9. The van der Waals surface area contributed by atoms with E-state index in [0.717, 1.165) is 11.3 Å². The average molecular weight is 477 g/mol. The Kier molecular flexibility index (Phi) is 8.83. The van der Waals surface area contributed by atoms with Crippen LogP contribution in [0.25, 0.3) is 0 Å². The van der Waals surface area contributed by atoms with Crippen LogP contribution in [0.3, 0.4) is 0 Å². The summed E-state index contributed by atoms with van der Waals surface area (Å²) in [5.74, 6) is 0.500. The number of esters is 1. The largest absolute Gasteiger partial charge is 0.497 e. The number of nitrogens with one attached hydrogen (secondary N) is 2. The minimum absolute atomic E-state index is 0.0722. The molecule has 3 aromatic carbocycles. The highest BCUT2D eigenvalue weighted by atomic mass is 16.5. The van der Waals surface area contributed by atoms with Crippen LogP contribution in [0.15, 0.2) is 66.7 Å². The van der Waals surface area contributed by atoms with E-state index in [0.29, 0.717) is 22.9 Å². The number of hydrogen-bond acceptors (Lipinski definition) is 6. The Morgan fingerprint density at radius 3 is 2.14 bits per heavy atom. The number of amides is 2. The molecule has 0 saturated heterocycles. The van der Waals surface area contributed by atoms with E-state index in [1.807, 2.05) is 32.0 Å². The van der Waals surface area contributed by atoms with E-state index in [1.165, 1.54) is 12.7 Å². The van der Waals surface area contributed by atoms with Crippen molar-refractivity contribution in [2.24, 2.45) is 0 Å². The van der Waals surface area contributed by atoms with Crippen molar-refractivity contribution in [1.82, 2.24) is 0 Å². The van der Waals surface area contributed by atoms with Gasteiger partial charge in [0.25, 0.3) is 5.91 Å². The number of carbonyl (C=O) groups excluding carboxylic acids is 3. The molecule has 0 spiro atoms. The molecule has 0 aliphatic carbocycles. The maximum atomic E-state index is 12.2. The van der Waals surface area contributed by atoms with E-state index in [2.05, 4.69) is 10.6 Å². The summed E-state index contributed by atoms with van der Waals surface area (Å²) in [5.41, 5.74) is 3.43. The van der Waals surface area contributed by atoms with Crippen LogP contribution < -0.4 is 20.1 Å². The Labute approximate surface area is 204 Å². The molecule has 8 heteroatoms. The molecule has 0 fully saturated rings. The Hall–Kier alpha value is -4.33. The van der Waals surface area contributed by atoms with Gasteiger partial charge >= 0.3 is 5.97 Å². The predicted molar refractivity (Wildman–Crippen MR) is 133 cm³/mol. The number of carbonyl (C=O) groups is 3. The second-order valence-corrected chi connectivity index (χ2v) is 7.86. The number of rotatable bonds is 10. The molecule has 0 saturated carbocycles. The molecule has 0 aromatic heterocycles. The summed E-state index contributed by atoms with van der Waals surface area (Å²) < 4.78 is 15.9. The first-order valence-electron chi connectivity index (χ1n) is 11.1. The first kappa shape index (κ1) is 25.3. The maximum Gasteiger partial charge on any atom is 0.306 e. The smallest absolute Gasteiger partial charge is 0.306 e. The zero-order chi connectivity index (χ0) is 25.2. The molecule has 3 rings (SSSR count). The summed E-state index contributed by atoms with van der Waals surface area (Å²) in [6, 6.07) is 19.6. The van der Waals surface area contributed by atoms with Crippen LogP contribution in [0, 0.1) is 13.8 Å². The fourth-order valence-electron chi connectivity index (χ4n) is 3.07. The molecule has 182 valence electrons. The van der Waals surface area contributed by atoms with Crippen molar-refractivity contribution in [1.29, 1.82) is 0 Å². The second-order valence-electron chi connectivity index (χ2n) is 7.86. The molecule has 2 amide bonds. The third-order valence-electron chi connectivity index (χ3n) is 5.13. The van der Waals surface area contributed by atoms with Crippen molar-refractivity contribution < 1.29 is 28.6 Å². The number of hydrogen-bond donors (Lipinski definition) is 2. The molecule has 0 unspecified atom stereocenters. The van der Waals surface area contributed by atoms with Gasteiger partial charge in [-0.25, -0.2) is 0 Å². The fraction of sp³-hybridized carbons (Fsp3) is 0.222. The van der Waals surface area contributed by atoms with Crippen molar-refractivity contribution in [3.8, 4) is 17.2 Å². The fourth-order valence-corrected chi connectivity index (χ4v) is 3.07. The Bertz CT molecular complexity index is 1190. The molecule has 2 N–H and O–H groups in total. The van der Waals surface area contributed by atoms with Crippen LogP contribution in [0.4, 0.5) is 11.4 Å². The van der Waals surface area contributed by atoms with Crippen LogP contribution in [0.5, 0.6) is 17.2 Å². The predicted octanol–water partition coefficient (Wildman–Crippen LogP) is 5.00. The maximum absolute atomic E-state index is 12.2. The van der Waals surface area contributed by atoms with Crippen LogP contribution in [0.1, 0.15) is 24.0 Å². The third kappa shape index (κ3) is 8.19. The lowest BCUT2D eigenvalue weighted by atomic mass is 10.1. The van der Waals surface area contributed by atoms with E-state index in [4.69, 9.17) is 14.2 Å². The van der Waals surface area contributed by atoms with Gasteiger partial charge in [-0.15, -0.1) is 0 Å². The van der Waals surface area contributed by atoms with Gasteiger partial charge in [-0.1, -0.05) is 12.1 Å². The van der Waals surface area contributed by atoms with Gasteiger partial charge in [-0.3, -0.25) is 14.4 Å². The number of methoxy groups -OCH3 is 1. The van der Waals surface area contributed by atoms with E-state index in [9.17, 15) is 14.4 Å². The highest BCUT2D eigenvalue weighted by molar-refractivity contribution is 5.94. The monoisotopic (exact) mass is 476 g/mol. The van der Waals surface area contributed by atoms with Gasteiger partial charge < -0.3 is 24.8 Å². The molecule has 3 aromatic rings. The first-order chi connectivity index (χ1) is 16.8. The van der Waals surface area contributed by atoms with Crippen molar-refractivity contribution in [3.05, 3.63) is 77.9 Å². The van der Waals surface area contributed by atoms with Crippen LogP contribution in [0.2, 0.25) is 0 Å². The van der Waals surface area contributed by atoms with E-state index in [-0.39, 0.29) is 18.7 Å². The molecule has 0 atom stereocenters. The Morgan fingerprint density at radius 1 is 0.714 bits per heavy atom. The van der Waals surface area contributed by atoms with Gasteiger partial charge in [0.05, 0.1) is 13.5 Å². The minimum atomic E-state index is -0.641. The van der Waals surface area contributed by atoms with Crippen LogP contribution >= 0.6 is 0 Å². The van der Waals surface area contributed by atoms with Gasteiger partial charge in [-0.2, -0.15) is 0 Å². The molecule has 0 aliphatic heterocycles. The van der Waals surface area contributed by atoms with Gasteiger partial charge in [0, 0.05) is 23.9 Å². The number of benzene rings is 3. The lowest BCUT2D eigenvalue weighted by Crippen LogP contribution is -2.21. The number of anilines is 2. The van der Waals surface area contributed by atoms with Crippen LogP contribution in [-0.4, -0.2) is 31.5 Å². The highest BCUT2D eigenvalue weighted by Gasteiger charge is 2.11. The van der Waals surface area contributed by atoms with Gasteiger partial charge in [0.15, 0.2) is 6.61 Å². The molecule has 8 nitrogen and oxygen atoms in total. The summed E-state index contributed by atoms with van der Waals surface area (Å²) in [4.78, 5) is 36.0. The summed E-state index contributed by atoms with van der Waals surface area (Å²) in [5, 5.41) is 5.33. The third-order valence-corrected chi connectivity index (χ3v) is 5.13. The summed E-state index contributed by atoms with van der Waals surface area (Å²) in [7, 11) is 1.52. The van der Waals surface area contributed by atoms with Gasteiger partial charge in [-0.05, 0) is 73.5 Å². The summed E-state index contributed by atoms with van der Waals surface area (Å²) in [6.07, 6.45) is -0.219. The normalized spacial score (nSPS) is 10.3. The van der Waals surface area contributed by atoms with E-state index < -0.39 is 18.5 Å². The quantitative estimate of drug-likeness (QED) is 0.399. The van der Waals surface area contributed by atoms with Gasteiger partial charge in [0.1, 0.15) is 17.2 Å². The number of ether oxygens (including phenoxy) is 3. The summed E-state index contributed by atoms with van der Waals surface area (Å²) >= 11 is 0. The van der Waals surface area contributed by atoms with Crippen LogP contribution in [-0.2, 0) is 19.1 Å². The second kappa shape index (κ2) is 12.2. The molecule has 0 bridgehead atoms. The molecule has 0 aliphatic rings. The topological polar surface area (TPSA) is 103 Å². The molecular formula is C27H28N2O6. The van der Waals surface area contributed by atoms with Crippen molar-refractivity contribution in [2.45, 2.75) is 26.7 Å². The molecule has 0 heterocycles. The Morgan fingerprint density at radius 2 is 1.43 bits per heavy atom.